The molecule has 1 fully saturated rings. The molecule has 4 heterocycles. The van der Waals surface area contributed by atoms with Gasteiger partial charge in [-0.25, -0.2) is 9.36 Å². The van der Waals surface area contributed by atoms with Gasteiger partial charge in [0.15, 0.2) is 6.29 Å². The summed E-state index contributed by atoms with van der Waals surface area (Å²) in [6.07, 6.45) is 11.1. The lowest BCUT2D eigenvalue weighted by Gasteiger charge is -2.43. The maximum absolute atomic E-state index is 11.2. The van der Waals surface area contributed by atoms with E-state index in [-0.39, 0.29) is 13.2 Å². The highest BCUT2D eigenvalue weighted by atomic mass is 16.7. The SMILES string of the molecule is CCCCCCCCCCCCO[C@@H]1O[C@H](CO)[C@@H](O)[C@@H]2OCc3cn(nn3)CCOCCOCCOCCn3cc(nn3)CO[C@@H]12. The number of aromatic nitrogens is 6. The van der Waals surface area contributed by atoms with Crippen LogP contribution in [-0.2, 0) is 59.5 Å². The smallest absolute Gasteiger partial charge is 0.186 e. The average molecular weight is 669 g/mol. The third-order valence-corrected chi connectivity index (χ3v) is 8.27. The van der Waals surface area contributed by atoms with Gasteiger partial charge in [-0.2, -0.15) is 0 Å². The van der Waals surface area contributed by atoms with E-state index in [1.807, 2.05) is 0 Å². The van der Waals surface area contributed by atoms with Gasteiger partial charge in [-0.05, 0) is 6.42 Å². The quantitative estimate of drug-likeness (QED) is 0.299. The number of rotatable bonds is 13. The van der Waals surface area contributed by atoms with Crippen molar-refractivity contribution in [3.8, 4) is 0 Å². The zero-order valence-electron chi connectivity index (χ0n) is 28.0. The van der Waals surface area contributed by atoms with Gasteiger partial charge in [0, 0.05) is 6.61 Å². The molecule has 15 nitrogen and oxygen atoms in total. The molecule has 2 aliphatic rings. The first-order valence-electron chi connectivity index (χ1n) is 17.5. The molecule has 0 spiro atoms. The summed E-state index contributed by atoms with van der Waals surface area (Å²) in [5.41, 5.74) is 1.18. The second-order valence-electron chi connectivity index (χ2n) is 12.1. The molecule has 4 bridgehead atoms. The summed E-state index contributed by atoms with van der Waals surface area (Å²) < 4.78 is 44.9. The van der Waals surface area contributed by atoms with E-state index in [1.165, 1.54) is 44.9 Å². The van der Waals surface area contributed by atoms with Gasteiger partial charge in [0.2, 0.25) is 0 Å². The Hall–Kier alpha value is -2.08. The maximum Gasteiger partial charge on any atom is 0.186 e. The molecule has 2 N–H and O–H groups in total. The fraction of sp³-hybridized carbons (Fsp3) is 0.875. The summed E-state index contributed by atoms with van der Waals surface area (Å²) in [5, 5.41) is 38.0. The van der Waals surface area contributed by atoms with Crippen LogP contribution in [0.1, 0.15) is 82.5 Å². The second-order valence-corrected chi connectivity index (χ2v) is 12.1. The Morgan fingerprint density at radius 2 is 1.23 bits per heavy atom. The molecule has 0 saturated carbocycles. The van der Waals surface area contributed by atoms with Crippen molar-refractivity contribution in [3.63, 3.8) is 0 Å². The molecule has 5 atom stereocenters. The number of unbranched alkanes of at least 4 members (excludes halogenated alkanes) is 9. The van der Waals surface area contributed by atoms with Gasteiger partial charge in [-0.3, -0.25) is 0 Å². The van der Waals surface area contributed by atoms with Crippen molar-refractivity contribution in [2.45, 2.75) is 128 Å². The molecule has 0 aromatic carbocycles. The van der Waals surface area contributed by atoms with Gasteiger partial charge < -0.3 is 43.4 Å². The lowest BCUT2D eigenvalue weighted by atomic mass is 9.98. The predicted octanol–water partition coefficient (Wildman–Crippen LogP) is 2.42. The number of fused-ring (bicyclic) bond motifs is 5. The lowest BCUT2D eigenvalue weighted by molar-refractivity contribution is -0.320. The number of hydrogen-bond donors (Lipinski definition) is 2. The van der Waals surface area contributed by atoms with Crippen LogP contribution in [0.25, 0.3) is 0 Å². The molecule has 2 aromatic heterocycles. The first-order chi connectivity index (χ1) is 23.2. The van der Waals surface area contributed by atoms with Crippen molar-refractivity contribution in [2.75, 3.05) is 52.9 Å². The molecule has 0 unspecified atom stereocenters. The largest absolute Gasteiger partial charge is 0.394 e. The zero-order valence-corrected chi connectivity index (χ0v) is 28.0. The second kappa shape index (κ2) is 22.5. The summed E-state index contributed by atoms with van der Waals surface area (Å²) in [6.45, 7) is 6.28. The normalized spacial score (nSPS) is 25.7. The van der Waals surface area contributed by atoms with E-state index in [4.69, 9.17) is 33.2 Å². The van der Waals surface area contributed by atoms with E-state index in [9.17, 15) is 10.2 Å². The van der Waals surface area contributed by atoms with Gasteiger partial charge in [-0.1, -0.05) is 75.1 Å². The summed E-state index contributed by atoms with van der Waals surface area (Å²) in [5.74, 6) is 0. The highest BCUT2D eigenvalue weighted by Gasteiger charge is 2.47. The fourth-order valence-electron chi connectivity index (χ4n) is 5.58. The van der Waals surface area contributed by atoms with Crippen LogP contribution in [0.2, 0.25) is 0 Å². The summed E-state index contributed by atoms with van der Waals surface area (Å²) >= 11 is 0. The number of aliphatic hydroxyl groups is 2. The lowest BCUT2D eigenvalue weighted by Crippen LogP contribution is -2.60. The molecule has 4 rings (SSSR count). The Bertz CT molecular complexity index is 1080. The van der Waals surface area contributed by atoms with Crippen molar-refractivity contribution < 1.29 is 43.4 Å². The minimum absolute atomic E-state index is 0.0653. The number of hydrogen-bond acceptors (Lipinski definition) is 13. The van der Waals surface area contributed by atoms with Crippen LogP contribution >= 0.6 is 0 Å². The first-order valence-corrected chi connectivity index (χ1v) is 17.5. The zero-order chi connectivity index (χ0) is 32.9. The third-order valence-electron chi connectivity index (χ3n) is 8.27. The number of ether oxygens (including phenoxy) is 7. The fourth-order valence-corrected chi connectivity index (χ4v) is 5.58. The van der Waals surface area contributed by atoms with Crippen LogP contribution in [-0.4, -0.2) is 124 Å². The summed E-state index contributed by atoms with van der Waals surface area (Å²) in [4.78, 5) is 0. The van der Waals surface area contributed by atoms with Gasteiger partial charge in [0.1, 0.15) is 35.8 Å². The van der Waals surface area contributed by atoms with Crippen LogP contribution in [0.4, 0.5) is 0 Å². The van der Waals surface area contributed by atoms with Crippen molar-refractivity contribution in [1.82, 2.24) is 30.0 Å². The monoisotopic (exact) mass is 668 g/mol. The van der Waals surface area contributed by atoms with Crippen LogP contribution in [0.5, 0.6) is 0 Å². The molecule has 2 aromatic rings. The Labute approximate surface area is 278 Å². The van der Waals surface area contributed by atoms with Crippen molar-refractivity contribution in [1.29, 1.82) is 0 Å². The summed E-state index contributed by atoms with van der Waals surface area (Å²) in [7, 11) is 0. The molecule has 0 amide bonds. The average Bonchev–Trinajstić information content (AvgIpc) is 3.74. The van der Waals surface area contributed by atoms with Crippen LogP contribution in [0.3, 0.4) is 0 Å². The van der Waals surface area contributed by atoms with Gasteiger partial charge >= 0.3 is 0 Å². The van der Waals surface area contributed by atoms with Crippen molar-refractivity contribution in [2.24, 2.45) is 0 Å². The number of nitrogens with zero attached hydrogens (tertiary/aromatic N) is 6. The van der Waals surface area contributed by atoms with E-state index >= 15 is 0 Å². The Kier molecular flexibility index (Phi) is 18.1. The van der Waals surface area contributed by atoms with Crippen LogP contribution in [0.15, 0.2) is 12.4 Å². The van der Waals surface area contributed by atoms with Gasteiger partial charge in [0.25, 0.3) is 0 Å². The molecule has 268 valence electrons. The highest BCUT2D eigenvalue weighted by Crippen LogP contribution is 2.28. The Balaban J connectivity index is 1.36. The van der Waals surface area contributed by atoms with Crippen molar-refractivity contribution >= 4 is 0 Å². The molecule has 0 aliphatic carbocycles. The summed E-state index contributed by atoms with van der Waals surface area (Å²) in [6, 6.07) is 0. The van der Waals surface area contributed by atoms with E-state index in [0.717, 1.165) is 19.3 Å². The van der Waals surface area contributed by atoms with E-state index in [1.54, 1.807) is 21.8 Å². The number of aliphatic hydroxyl groups excluding tert-OH is 2. The standard InChI is InChI=1S/C32H56N6O9/c1-2-3-4-5-6-7-8-9-10-11-14-44-32-31-30(29(40)28(23-39)47-32)45-24-26-21-37(35-33-26)12-15-41-17-19-43-20-18-42-16-13-38-22-27(25-46-31)34-36-38/h21-22,28-32,39-40H,2-20,23-25H2,1H3/t28-,29-,30+,31-,32-/m1/s1. The van der Waals surface area contributed by atoms with Crippen molar-refractivity contribution in [3.05, 3.63) is 23.8 Å². The van der Waals surface area contributed by atoms with Crippen LogP contribution < -0.4 is 0 Å². The predicted molar refractivity (Wildman–Crippen MR) is 169 cm³/mol. The minimum atomic E-state index is -1.17. The van der Waals surface area contributed by atoms with Gasteiger partial charge in [-0.15, -0.1) is 10.2 Å². The Morgan fingerprint density at radius 1 is 0.723 bits per heavy atom. The Morgan fingerprint density at radius 3 is 1.79 bits per heavy atom. The topological polar surface area (TPSA) is 166 Å². The minimum Gasteiger partial charge on any atom is -0.394 e. The van der Waals surface area contributed by atoms with E-state index in [2.05, 4.69) is 27.5 Å². The molecule has 47 heavy (non-hydrogen) atoms. The van der Waals surface area contributed by atoms with E-state index in [0.29, 0.717) is 70.7 Å². The third kappa shape index (κ3) is 13.8. The molecular weight excluding hydrogens is 612 g/mol. The van der Waals surface area contributed by atoms with E-state index < -0.39 is 37.3 Å². The maximum atomic E-state index is 11.2. The molecule has 2 aliphatic heterocycles. The molecule has 1 saturated heterocycles. The molecule has 0 radical (unpaired) electrons. The highest BCUT2D eigenvalue weighted by molar-refractivity contribution is 4.96. The molecular formula is C32H56N6O9. The van der Waals surface area contributed by atoms with Crippen LogP contribution in [0, 0.1) is 0 Å². The molecule has 15 heteroatoms. The first kappa shape index (κ1) is 37.7. The van der Waals surface area contributed by atoms with Gasteiger partial charge in [0.05, 0.1) is 84.9 Å².